The number of aryl methyl sites for hydroxylation is 1. The molecule has 1 fully saturated rings. The molecule has 2 unspecified atom stereocenters. The molecule has 1 amide bonds. The lowest BCUT2D eigenvalue weighted by Crippen LogP contribution is -2.42. The molecule has 0 aromatic heterocycles. The van der Waals surface area contributed by atoms with Gasteiger partial charge in [-0.05, 0) is 43.5 Å². The number of carbonyl (C=O) groups is 1. The highest BCUT2D eigenvalue weighted by molar-refractivity contribution is 5.95. The lowest BCUT2D eigenvalue weighted by molar-refractivity contribution is 0.0818. The Kier molecular flexibility index (Phi) is 5.01. The molecule has 4 heteroatoms. The Balaban J connectivity index is 2.05. The fraction of sp³-hybridized carbons (Fsp3) is 0.562. The summed E-state index contributed by atoms with van der Waals surface area (Å²) in [7, 11) is 1.87. The van der Waals surface area contributed by atoms with E-state index in [1.165, 1.54) is 0 Å². The largest absolute Gasteiger partial charge is 0.391 e. The Morgan fingerprint density at radius 2 is 2.00 bits per heavy atom. The molecule has 2 rings (SSSR count). The van der Waals surface area contributed by atoms with Gasteiger partial charge in [-0.25, -0.2) is 0 Å². The van der Waals surface area contributed by atoms with Gasteiger partial charge in [-0.1, -0.05) is 19.3 Å². The third kappa shape index (κ3) is 3.51. The number of hydrogen-bond donors (Lipinski definition) is 3. The van der Waals surface area contributed by atoms with Crippen LogP contribution in [0.15, 0.2) is 18.2 Å². The van der Waals surface area contributed by atoms with Crippen LogP contribution in [0.4, 0.5) is 5.69 Å². The highest BCUT2D eigenvalue weighted by Crippen LogP contribution is 2.19. The minimum atomic E-state index is -0.417. The van der Waals surface area contributed by atoms with Crippen molar-refractivity contribution < 1.29 is 9.90 Å². The SMILES string of the molecule is CNc1ccc(C(=O)NC2CCCCCC2O)cc1C. The third-order valence-corrected chi connectivity index (χ3v) is 4.05. The van der Waals surface area contributed by atoms with E-state index in [1.807, 2.05) is 32.2 Å². The molecule has 1 aliphatic rings. The van der Waals surface area contributed by atoms with Gasteiger partial charge in [0.25, 0.3) is 5.91 Å². The molecular formula is C16H24N2O2. The lowest BCUT2D eigenvalue weighted by Gasteiger charge is -2.22. The zero-order valence-corrected chi connectivity index (χ0v) is 12.3. The Labute approximate surface area is 120 Å². The topological polar surface area (TPSA) is 61.4 Å². The molecule has 1 saturated carbocycles. The zero-order valence-electron chi connectivity index (χ0n) is 12.3. The van der Waals surface area contributed by atoms with Crippen LogP contribution in [0, 0.1) is 6.92 Å². The van der Waals surface area contributed by atoms with E-state index < -0.39 is 6.10 Å². The van der Waals surface area contributed by atoms with E-state index in [2.05, 4.69) is 10.6 Å². The minimum Gasteiger partial charge on any atom is -0.391 e. The van der Waals surface area contributed by atoms with Gasteiger partial charge in [0.15, 0.2) is 0 Å². The van der Waals surface area contributed by atoms with Crippen LogP contribution in [-0.2, 0) is 0 Å². The first-order valence-corrected chi connectivity index (χ1v) is 7.39. The van der Waals surface area contributed by atoms with E-state index in [0.29, 0.717) is 5.56 Å². The monoisotopic (exact) mass is 276 g/mol. The van der Waals surface area contributed by atoms with Crippen molar-refractivity contribution in [3.05, 3.63) is 29.3 Å². The van der Waals surface area contributed by atoms with E-state index >= 15 is 0 Å². The van der Waals surface area contributed by atoms with Gasteiger partial charge in [-0.3, -0.25) is 4.79 Å². The molecule has 1 aliphatic carbocycles. The van der Waals surface area contributed by atoms with Crippen LogP contribution >= 0.6 is 0 Å². The number of amides is 1. The van der Waals surface area contributed by atoms with E-state index in [0.717, 1.165) is 43.4 Å². The summed E-state index contributed by atoms with van der Waals surface area (Å²) >= 11 is 0. The van der Waals surface area contributed by atoms with Crippen molar-refractivity contribution >= 4 is 11.6 Å². The van der Waals surface area contributed by atoms with Crippen molar-refractivity contribution in [2.45, 2.75) is 51.2 Å². The molecule has 0 spiro atoms. The highest BCUT2D eigenvalue weighted by Gasteiger charge is 2.23. The maximum Gasteiger partial charge on any atom is 0.251 e. The number of nitrogens with one attached hydrogen (secondary N) is 2. The Hall–Kier alpha value is -1.55. The Morgan fingerprint density at radius 1 is 1.25 bits per heavy atom. The number of carbonyl (C=O) groups excluding carboxylic acids is 1. The first-order valence-electron chi connectivity index (χ1n) is 7.39. The number of hydrogen-bond acceptors (Lipinski definition) is 3. The van der Waals surface area contributed by atoms with Gasteiger partial charge in [-0.2, -0.15) is 0 Å². The van der Waals surface area contributed by atoms with Crippen molar-refractivity contribution in [2.24, 2.45) is 0 Å². The van der Waals surface area contributed by atoms with Crippen molar-refractivity contribution in [3.63, 3.8) is 0 Å². The van der Waals surface area contributed by atoms with Crippen LogP contribution in [0.1, 0.15) is 48.0 Å². The van der Waals surface area contributed by atoms with Crippen LogP contribution in [-0.4, -0.2) is 30.2 Å². The number of anilines is 1. The number of rotatable bonds is 3. The number of benzene rings is 1. The van der Waals surface area contributed by atoms with Gasteiger partial charge >= 0.3 is 0 Å². The van der Waals surface area contributed by atoms with Crippen molar-refractivity contribution in [2.75, 3.05) is 12.4 Å². The second-order valence-corrected chi connectivity index (χ2v) is 5.57. The summed E-state index contributed by atoms with van der Waals surface area (Å²) in [6.45, 7) is 1.98. The van der Waals surface area contributed by atoms with Gasteiger partial charge in [0.1, 0.15) is 0 Å². The summed E-state index contributed by atoms with van der Waals surface area (Å²) in [6, 6.07) is 5.49. The molecular weight excluding hydrogens is 252 g/mol. The molecule has 0 bridgehead atoms. The summed E-state index contributed by atoms with van der Waals surface area (Å²) < 4.78 is 0. The average Bonchev–Trinajstić information content (AvgIpc) is 2.64. The van der Waals surface area contributed by atoms with Crippen LogP contribution in [0.5, 0.6) is 0 Å². The molecule has 0 radical (unpaired) electrons. The van der Waals surface area contributed by atoms with E-state index in [4.69, 9.17) is 0 Å². The van der Waals surface area contributed by atoms with Crippen LogP contribution in [0.25, 0.3) is 0 Å². The summed E-state index contributed by atoms with van der Waals surface area (Å²) in [6.07, 6.45) is 4.48. The lowest BCUT2D eigenvalue weighted by atomic mass is 10.0. The number of aliphatic hydroxyl groups excluding tert-OH is 1. The fourth-order valence-corrected chi connectivity index (χ4v) is 2.79. The molecule has 2 atom stereocenters. The van der Waals surface area contributed by atoms with Crippen molar-refractivity contribution in [1.29, 1.82) is 0 Å². The molecule has 0 heterocycles. The fourth-order valence-electron chi connectivity index (χ4n) is 2.79. The van der Waals surface area contributed by atoms with E-state index in [9.17, 15) is 9.90 Å². The normalized spacial score (nSPS) is 22.9. The molecule has 0 saturated heterocycles. The standard InChI is InChI=1S/C16H24N2O2/c1-11-10-12(8-9-13(11)17-2)16(20)18-14-6-4-3-5-7-15(14)19/h8-10,14-15,17,19H,3-7H2,1-2H3,(H,18,20). The Morgan fingerprint density at radius 3 is 2.70 bits per heavy atom. The summed E-state index contributed by atoms with van der Waals surface area (Å²) in [5, 5.41) is 16.1. The predicted octanol–water partition coefficient (Wildman–Crippen LogP) is 2.46. The van der Waals surface area contributed by atoms with Gasteiger partial charge in [0, 0.05) is 18.3 Å². The van der Waals surface area contributed by atoms with Crippen molar-refractivity contribution in [3.8, 4) is 0 Å². The quantitative estimate of drug-likeness (QED) is 0.743. The molecule has 4 nitrogen and oxygen atoms in total. The second-order valence-electron chi connectivity index (χ2n) is 5.57. The second kappa shape index (κ2) is 6.75. The van der Waals surface area contributed by atoms with Crippen LogP contribution < -0.4 is 10.6 Å². The molecule has 20 heavy (non-hydrogen) atoms. The molecule has 110 valence electrons. The molecule has 0 aliphatic heterocycles. The van der Waals surface area contributed by atoms with Gasteiger partial charge in [0.2, 0.25) is 0 Å². The maximum atomic E-state index is 12.3. The number of aliphatic hydroxyl groups is 1. The highest BCUT2D eigenvalue weighted by atomic mass is 16.3. The molecule has 1 aromatic carbocycles. The third-order valence-electron chi connectivity index (χ3n) is 4.05. The van der Waals surface area contributed by atoms with E-state index in [1.54, 1.807) is 0 Å². The first-order chi connectivity index (χ1) is 9.61. The smallest absolute Gasteiger partial charge is 0.251 e. The van der Waals surface area contributed by atoms with E-state index in [-0.39, 0.29) is 11.9 Å². The Bertz CT molecular complexity index is 474. The van der Waals surface area contributed by atoms with Gasteiger partial charge < -0.3 is 15.7 Å². The maximum absolute atomic E-state index is 12.3. The first kappa shape index (κ1) is 14.9. The summed E-state index contributed by atoms with van der Waals surface area (Å²) in [5.41, 5.74) is 2.72. The summed E-state index contributed by atoms with van der Waals surface area (Å²) in [4.78, 5) is 12.3. The predicted molar refractivity (Wildman–Crippen MR) is 81.1 cm³/mol. The molecule has 3 N–H and O–H groups in total. The molecule has 1 aromatic rings. The minimum absolute atomic E-state index is 0.0956. The van der Waals surface area contributed by atoms with Crippen LogP contribution in [0.2, 0.25) is 0 Å². The van der Waals surface area contributed by atoms with Gasteiger partial charge in [-0.15, -0.1) is 0 Å². The average molecular weight is 276 g/mol. The van der Waals surface area contributed by atoms with Crippen molar-refractivity contribution in [1.82, 2.24) is 5.32 Å². The van der Waals surface area contributed by atoms with Crippen LogP contribution in [0.3, 0.4) is 0 Å². The van der Waals surface area contributed by atoms with Gasteiger partial charge in [0.05, 0.1) is 12.1 Å². The summed E-state index contributed by atoms with van der Waals surface area (Å²) in [5.74, 6) is -0.0956. The zero-order chi connectivity index (χ0) is 14.5.